The van der Waals surface area contributed by atoms with Gasteiger partial charge in [-0.3, -0.25) is 14.5 Å². The molecule has 3 aromatic heterocycles. The highest BCUT2D eigenvalue weighted by Gasteiger charge is 2.41. The lowest BCUT2D eigenvalue weighted by Crippen LogP contribution is -2.39. The van der Waals surface area contributed by atoms with Gasteiger partial charge in [-0.15, -0.1) is 5.10 Å². The van der Waals surface area contributed by atoms with Crippen molar-refractivity contribution in [1.82, 2.24) is 29.1 Å². The molecular weight excluding hydrogens is 472 g/mol. The Morgan fingerprint density at radius 1 is 1.24 bits per heavy atom. The number of Topliss-reactive ketones (excluding diaryl/α,β-unsaturated/α-hetero) is 1. The first kappa shape index (κ1) is 23.0. The zero-order valence-electron chi connectivity index (χ0n) is 19.0. The van der Waals surface area contributed by atoms with Crippen LogP contribution in [0.25, 0.3) is 17.2 Å². The second-order valence-electron chi connectivity index (χ2n) is 9.26. The van der Waals surface area contributed by atoms with Crippen LogP contribution in [0.1, 0.15) is 41.5 Å². The molecule has 0 aliphatic heterocycles. The van der Waals surface area contributed by atoms with Crippen molar-refractivity contribution in [2.24, 2.45) is 30.7 Å². The number of nitrogens with one attached hydrogen (secondary N) is 1. The van der Waals surface area contributed by atoms with Crippen LogP contribution in [0, 0.1) is 23.7 Å². The van der Waals surface area contributed by atoms with Gasteiger partial charge in [0.05, 0.1) is 29.9 Å². The molecule has 1 N–H and O–H groups in total. The lowest BCUT2D eigenvalue weighted by atomic mass is 9.68. The van der Waals surface area contributed by atoms with Crippen molar-refractivity contribution in [3.05, 3.63) is 53.1 Å². The third-order valence-electron chi connectivity index (χ3n) is 6.89. The third kappa shape index (κ3) is 4.73. The van der Waals surface area contributed by atoms with Gasteiger partial charge in [-0.2, -0.15) is 5.10 Å². The van der Waals surface area contributed by atoms with Gasteiger partial charge in [0, 0.05) is 47.4 Å². The number of fused-ring (bicyclic) bond motifs is 2. The molecule has 2 aliphatic rings. The fourth-order valence-corrected chi connectivity index (χ4v) is 6.96. The van der Waals surface area contributed by atoms with Crippen LogP contribution in [-0.2, 0) is 23.6 Å². The van der Waals surface area contributed by atoms with Crippen molar-refractivity contribution in [2.75, 3.05) is 5.75 Å². The number of aryl methyl sites for hydroxylation is 1. The van der Waals surface area contributed by atoms with Gasteiger partial charge in [-0.05, 0) is 54.3 Å². The molecule has 11 heteroatoms. The molecule has 34 heavy (non-hydrogen) atoms. The monoisotopic (exact) mass is 498 g/mol. The Bertz CT molecular complexity index is 1330. The highest BCUT2D eigenvalue weighted by molar-refractivity contribution is 7.89. The quantitative estimate of drug-likeness (QED) is 0.555. The topological polar surface area (TPSA) is 120 Å². The lowest BCUT2D eigenvalue weighted by Gasteiger charge is -2.37. The molecule has 0 saturated heterocycles. The molecule has 0 amide bonds. The Hall–Kier alpha value is -2.76. The fourth-order valence-electron chi connectivity index (χ4n) is 5.00. The molecule has 5 rings (SSSR count). The highest BCUT2D eigenvalue weighted by atomic mass is 32.2. The SMILES string of the molecule is CC1CC2C=Cc3ncc(-c4cnn(C)c4)cc3C(=O)C2CC1CS(=O)(=O)NCc1csnn1. The normalized spacial score (nSPS) is 24.5. The average Bonchev–Trinajstić information content (AvgIpc) is 3.46. The van der Waals surface area contributed by atoms with Crippen molar-refractivity contribution in [1.29, 1.82) is 0 Å². The number of carbonyl (C=O) groups excluding carboxylic acids is 1. The molecule has 178 valence electrons. The van der Waals surface area contributed by atoms with Gasteiger partial charge in [0.25, 0.3) is 0 Å². The molecule has 4 atom stereocenters. The fraction of sp³-hybridized carbons (Fsp3) is 0.435. The van der Waals surface area contributed by atoms with E-state index in [1.54, 1.807) is 22.5 Å². The maximum absolute atomic E-state index is 13.7. The number of rotatable bonds is 6. The van der Waals surface area contributed by atoms with E-state index in [0.717, 1.165) is 17.5 Å². The lowest BCUT2D eigenvalue weighted by molar-refractivity contribution is 0.0776. The Kier molecular flexibility index (Phi) is 6.17. The molecule has 3 heterocycles. The smallest absolute Gasteiger partial charge is 0.212 e. The first-order valence-corrected chi connectivity index (χ1v) is 13.7. The largest absolute Gasteiger partial charge is 0.294 e. The molecule has 2 aliphatic carbocycles. The molecule has 1 fully saturated rings. The van der Waals surface area contributed by atoms with E-state index in [-0.39, 0.29) is 41.8 Å². The second kappa shape index (κ2) is 9.12. The maximum atomic E-state index is 13.7. The minimum Gasteiger partial charge on any atom is -0.294 e. The van der Waals surface area contributed by atoms with Crippen molar-refractivity contribution >= 4 is 33.4 Å². The van der Waals surface area contributed by atoms with Gasteiger partial charge >= 0.3 is 0 Å². The molecule has 4 unspecified atom stereocenters. The van der Waals surface area contributed by atoms with Crippen LogP contribution in [0.4, 0.5) is 0 Å². The minimum atomic E-state index is -3.52. The zero-order valence-corrected chi connectivity index (χ0v) is 20.6. The van der Waals surface area contributed by atoms with Crippen LogP contribution in [-0.4, -0.2) is 44.3 Å². The van der Waals surface area contributed by atoms with Gasteiger partial charge in [0.2, 0.25) is 10.0 Å². The Balaban J connectivity index is 1.35. The number of hydrogen-bond acceptors (Lipinski definition) is 8. The molecule has 0 spiro atoms. The van der Waals surface area contributed by atoms with Crippen LogP contribution in [0.2, 0.25) is 0 Å². The summed E-state index contributed by atoms with van der Waals surface area (Å²) in [6, 6.07) is 1.89. The number of ketones is 1. The van der Waals surface area contributed by atoms with Gasteiger partial charge in [-0.25, -0.2) is 13.1 Å². The summed E-state index contributed by atoms with van der Waals surface area (Å²) in [4.78, 5) is 18.2. The Morgan fingerprint density at radius 2 is 2.09 bits per heavy atom. The predicted molar refractivity (Wildman–Crippen MR) is 129 cm³/mol. The van der Waals surface area contributed by atoms with Gasteiger partial charge in [0.15, 0.2) is 5.78 Å². The van der Waals surface area contributed by atoms with Crippen LogP contribution in [0.15, 0.2) is 36.1 Å². The number of allylic oxidation sites excluding steroid dienone is 1. The number of pyridine rings is 1. The van der Waals surface area contributed by atoms with E-state index in [4.69, 9.17) is 0 Å². The molecule has 0 aromatic carbocycles. The van der Waals surface area contributed by atoms with Crippen molar-refractivity contribution < 1.29 is 13.2 Å². The van der Waals surface area contributed by atoms with Gasteiger partial charge < -0.3 is 0 Å². The van der Waals surface area contributed by atoms with E-state index < -0.39 is 10.0 Å². The number of nitrogens with zero attached hydrogens (tertiary/aromatic N) is 5. The average molecular weight is 499 g/mol. The molecule has 3 aromatic rings. The number of carbonyl (C=O) groups is 1. The van der Waals surface area contributed by atoms with Gasteiger partial charge in [0.1, 0.15) is 0 Å². The molecule has 9 nitrogen and oxygen atoms in total. The summed E-state index contributed by atoms with van der Waals surface area (Å²) >= 11 is 1.19. The predicted octanol–water partition coefficient (Wildman–Crippen LogP) is 2.94. The van der Waals surface area contributed by atoms with E-state index in [1.807, 2.05) is 25.4 Å². The zero-order chi connectivity index (χ0) is 23.9. The minimum absolute atomic E-state index is 0.00716. The van der Waals surface area contributed by atoms with Crippen molar-refractivity contribution in [2.45, 2.75) is 26.3 Å². The summed E-state index contributed by atoms with van der Waals surface area (Å²) in [6.07, 6.45) is 10.7. The summed E-state index contributed by atoms with van der Waals surface area (Å²) in [5.41, 5.74) is 3.61. The van der Waals surface area contributed by atoms with E-state index in [2.05, 4.69) is 37.4 Å². The summed E-state index contributed by atoms with van der Waals surface area (Å²) in [5, 5.41) is 9.82. The van der Waals surface area contributed by atoms with Crippen LogP contribution in [0.3, 0.4) is 0 Å². The standard InChI is InChI=1S/C23H26N6O3S2/c1-14-5-15-3-4-22-21(6-16(8-24-22)18-9-25-29(2)11-18)23(30)20(15)7-17(14)13-34(31,32)26-10-19-12-33-28-27-19/h3-4,6,8-9,11-12,14-15,17,20,26H,5,7,10,13H2,1-2H3. The summed E-state index contributed by atoms with van der Waals surface area (Å²) < 4.78 is 33.7. The maximum Gasteiger partial charge on any atom is 0.212 e. The molecule has 0 radical (unpaired) electrons. The van der Waals surface area contributed by atoms with Gasteiger partial charge in [-0.1, -0.05) is 17.5 Å². The first-order valence-electron chi connectivity index (χ1n) is 11.2. The molecular formula is C23H26N6O3S2. The van der Waals surface area contributed by atoms with E-state index in [0.29, 0.717) is 23.4 Å². The van der Waals surface area contributed by atoms with E-state index >= 15 is 0 Å². The summed E-state index contributed by atoms with van der Waals surface area (Å²) in [5.74, 6) is -0.0857. The third-order valence-corrected chi connectivity index (χ3v) is 8.90. The first-order chi connectivity index (χ1) is 16.3. The number of aromatic nitrogens is 5. The molecule has 1 saturated carbocycles. The molecule has 0 bridgehead atoms. The summed E-state index contributed by atoms with van der Waals surface area (Å²) in [6.45, 7) is 2.21. The van der Waals surface area contributed by atoms with Crippen molar-refractivity contribution in [3.8, 4) is 11.1 Å². The Morgan fingerprint density at radius 3 is 2.82 bits per heavy atom. The van der Waals surface area contributed by atoms with Crippen LogP contribution < -0.4 is 4.72 Å². The van der Waals surface area contributed by atoms with Crippen LogP contribution >= 0.6 is 11.5 Å². The highest BCUT2D eigenvalue weighted by Crippen LogP contribution is 2.43. The van der Waals surface area contributed by atoms with Crippen molar-refractivity contribution in [3.63, 3.8) is 0 Å². The van der Waals surface area contributed by atoms with Crippen LogP contribution in [0.5, 0.6) is 0 Å². The van der Waals surface area contributed by atoms with E-state index in [9.17, 15) is 13.2 Å². The second-order valence-corrected chi connectivity index (χ2v) is 11.7. The Labute approximate surface area is 202 Å². The summed E-state index contributed by atoms with van der Waals surface area (Å²) in [7, 11) is -1.67. The number of sulfonamides is 1. The van der Waals surface area contributed by atoms with E-state index in [1.165, 1.54) is 11.5 Å². The number of hydrogen-bond donors (Lipinski definition) is 1.